The van der Waals surface area contributed by atoms with Gasteiger partial charge in [0.1, 0.15) is 0 Å². The Bertz CT molecular complexity index is 273. The molecular formula is C14H29N3O. The molecule has 0 spiro atoms. The van der Waals surface area contributed by atoms with Crippen LogP contribution in [0.5, 0.6) is 0 Å². The summed E-state index contributed by atoms with van der Waals surface area (Å²) in [5, 5.41) is 3.03. The molecular weight excluding hydrogens is 226 g/mol. The number of hydrogen-bond acceptors (Lipinski definition) is 3. The third-order valence-corrected chi connectivity index (χ3v) is 3.97. The maximum atomic E-state index is 11.8. The standard InChI is InChI=1S/C14H29N3O/c1-14(2,3)12(15)9-13(18)16-10-11-7-5-6-8-17(11)4/h11-12H,5-10,15H2,1-4H3,(H,16,18). The van der Waals surface area contributed by atoms with E-state index in [-0.39, 0.29) is 17.4 Å². The quantitative estimate of drug-likeness (QED) is 0.797. The molecule has 4 heteroatoms. The molecule has 1 saturated heterocycles. The zero-order chi connectivity index (χ0) is 13.8. The molecule has 1 aliphatic rings. The first-order valence-corrected chi connectivity index (χ1v) is 7.03. The number of carbonyl (C=O) groups excluding carboxylic acids is 1. The Kier molecular flexibility index (Phi) is 5.60. The Hall–Kier alpha value is -0.610. The molecule has 0 aromatic carbocycles. The third kappa shape index (κ3) is 4.94. The summed E-state index contributed by atoms with van der Waals surface area (Å²) in [4.78, 5) is 14.2. The second-order valence-electron chi connectivity index (χ2n) is 6.61. The highest BCUT2D eigenvalue weighted by atomic mass is 16.1. The van der Waals surface area contributed by atoms with Gasteiger partial charge in [-0.1, -0.05) is 27.2 Å². The molecule has 4 nitrogen and oxygen atoms in total. The summed E-state index contributed by atoms with van der Waals surface area (Å²) in [6.07, 6.45) is 4.14. The van der Waals surface area contributed by atoms with Crippen molar-refractivity contribution in [3.05, 3.63) is 0 Å². The fourth-order valence-corrected chi connectivity index (χ4v) is 2.21. The van der Waals surface area contributed by atoms with Crippen LogP contribution < -0.4 is 11.1 Å². The largest absolute Gasteiger partial charge is 0.354 e. The van der Waals surface area contributed by atoms with Crippen molar-refractivity contribution in [2.45, 2.75) is 58.5 Å². The van der Waals surface area contributed by atoms with Gasteiger partial charge in [0.05, 0.1) is 0 Å². The van der Waals surface area contributed by atoms with Crippen LogP contribution in [-0.4, -0.2) is 43.0 Å². The van der Waals surface area contributed by atoms with Gasteiger partial charge >= 0.3 is 0 Å². The molecule has 0 aliphatic carbocycles. The Morgan fingerprint density at radius 2 is 2.11 bits per heavy atom. The smallest absolute Gasteiger partial charge is 0.221 e. The first-order valence-electron chi connectivity index (χ1n) is 7.03. The lowest BCUT2D eigenvalue weighted by atomic mass is 9.85. The molecule has 1 fully saturated rings. The van der Waals surface area contributed by atoms with Gasteiger partial charge in [-0.2, -0.15) is 0 Å². The molecule has 1 heterocycles. The van der Waals surface area contributed by atoms with Gasteiger partial charge in [-0.15, -0.1) is 0 Å². The van der Waals surface area contributed by atoms with E-state index in [2.05, 4.69) is 38.0 Å². The first kappa shape index (κ1) is 15.4. The summed E-state index contributed by atoms with van der Waals surface area (Å²) in [7, 11) is 2.14. The number of amides is 1. The van der Waals surface area contributed by atoms with Crippen LogP contribution in [0.3, 0.4) is 0 Å². The third-order valence-electron chi connectivity index (χ3n) is 3.97. The number of likely N-dealkylation sites (tertiary alicyclic amines) is 1. The van der Waals surface area contributed by atoms with Crippen LogP contribution in [0.25, 0.3) is 0 Å². The van der Waals surface area contributed by atoms with E-state index < -0.39 is 0 Å². The van der Waals surface area contributed by atoms with Crippen molar-refractivity contribution in [1.82, 2.24) is 10.2 Å². The van der Waals surface area contributed by atoms with Gasteiger partial charge in [0.2, 0.25) is 5.91 Å². The topological polar surface area (TPSA) is 58.4 Å². The summed E-state index contributed by atoms with van der Waals surface area (Å²) < 4.78 is 0. The molecule has 1 aliphatic heterocycles. The number of nitrogens with two attached hydrogens (primary N) is 1. The molecule has 3 N–H and O–H groups in total. The van der Waals surface area contributed by atoms with E-state index >= 15 is 0 Å². The van der Waals surface area contributed by atoms with Crippen LogP contribution in [0, 0.1) is 5.41 Å². The van der Waals surface area contributed by atoms with E-state index in [1.165, 1.54) is 19.3 Å². The minimum Gasteiger partial charge on any atom is -0.354 e. The lowest BCUT2D eigenvalue weighted by molar-refractivity contribution is -0.122. The molecule has 18 heavy (non-hydrogen) atoms. The highest BCUT2D eigenvalue weighted by molar-refractivity contribution is 5.76. The Labute approximate surface area is 111 Å². The lowest BCUT2D eigenvalue weighted by Crippen LogP contribution is -2.46. The van der Waals surface area contributed by atoms with Crippen molar-refractivity contribution in [1.29, 1.82) is 0 Å². The Morgan fingerprint density at radius 3 is 2.67 bits per heavy atom. The molecule has 0 aromatic heterocycles. The fourth-order valence-electron chi connectivity index (χ4n) is 2.21. The summed E-state index contributed by atoms with van der Waals surface area (Å²) in [5.41, 5.74) is 6.00. The number of rotatable bonds is 4. The van der Waals surface area contributed by atoms with Gasteiger partial charge in [0.25, 0.3) is 0 Å². The van der Waals surface area contributed by atoms with Crippen LogP contribution in [0.2, 0.25) is 0 Å². The van der Waals surface area contributed by atoms with Crippen LogP contribution in [0.4, 0.5) is 0 Å². The Balaban J connectivity index is 2.28. The molecule has 2 unspecified atom stereocenters. The Morgan fingerprint density at radius 1 is 1.44 bits per heavy atom. The second kappa shape index (κ2) is 6.53. The van der Waals surface area contributed by atoms with Crippen LogP contribution in [0.1, 0.15) is 46.5 Å². The predicted molar refractivity (Wildman–Crippen MR) is 75.3 cm³/mol. The summed E-state index contributed by atoms with van der Waals surface area (Å²) >= 11 is 0. The van der Waals surface area contributed by atoms with E-state index in [1.807, 2.05) is 0 Å². The molecule has 0 saturated carbocycles. The van der Waals surface area contributed by atoms with E-state index in [0.29, 0.717) is 12.5 Å². The lowest BCUT2D eigenvalue weighted by Gasteiger charge is -2.33. The summed E-state index contributed by atoms with van der Waals surface area (Å²) in [5.74, 6) is 0.0800. The van der Waals surface area contributed by atoms with Crippen LogP contribution in [0.15, 0.2) is 0 Å². The zero-order valence-electron chi connectivity index (χ0n) is 12.3. The number of carbonyl (C=O) groups is 1. The zero-order valence-corrected chi connectivity index (χ0v) is 12.3. The maximum Gasteiger partial charge on any atom is 0.221 e. The first-order chi connectivity index (χ1) is 8.30. The summed E-state index contributed by atoms with van der Waals surface area (Å²) in [6, 6.07) is 0.412. The average molecular weight is 255 g/mol. The van der Waals surface area contributed by atoms with Crippen LogP contribution in [-0.2, 0) is 4.79 Å². The van der Waals surface area contributed by atoms with Gasteiger partial charge in [-0.3, -0.25) is 4.79 Å². The van der Waals surface area contributed by atoms with Gasteiger partial charge in [0.15, 0.2) is 0 Å². The molecule has 1 amide bonds. The van der Waals surface area contributed by atoms with Gasteiger partial charge in [-0.25, -0.2) is 0 Å². The average Bonchev–Trinajstić information content (AvgIpc) is 2.26. The summed E-state index contributed by atoms with van der Waals surface area (Å²) in [6.45, 7) is 8.10. The van der Waals surface area contributed by atoms with Crippen molar-refractivity contribution in [2.75, 3.05) is 20.1 Å². The maximum absolute atomic E-state index is 11.8. The highest BCUT2D eigenvalue weighted by Gasteiger charge is 2.24. The van der Waals surface area contributed by atoms with Crippen molar-refractivity contribution in [2.24, 2.45) is 11.1 Å². The molecule has 2 atom stereocenters. The van der Waals surface area contributed by atoms with E-state index in [0.717, 1.165) is 13.1 Å². The van der Waals surface area contributed by atoms with E-state index in [9.17, 15) is 4.79 Å². The number of likely N-dealkylation sites (N-methyl/N-ethyl adjacent to an activating group) is 1. The minimum atomic E-state index is -0.0819. The monoisotopic (exact) mass is 255 g/mol. The van der Waals surface area contributed by atoms with Crippen molar-refractivity contribution < 1.29 is 4.79 Å². The molecule has 0 radical (unpaired) electrons. The molecule has 1 rings (SSSR count). The predicted octanol–water partition coefficient (Wildman–Crippen LogP) is 1.35. The molecule has 106 valence electrons. The van der Waals surface area contributed by atoms with Gasteiger partial charge < -0.3 is 16.0 Å². The number of hydrogen-bond donors (Lipinski definition) is 2. The fraction of sp³-hybridized carbons (Fsp3) is 0.929. The van der Waals surface area contributed by atoms with Gasteiger partial charge in [0, 0.05) is 25.0 Å². The highest BCUT2D eigenvalue weighted by Crippen LogP contribution is 2.19. The molecule has 0 aromatic rings. The SMILES string of the molecule is CN1CCCCC1CNC(=O)CC(N)C(C)(C)C. The second-order valence-corrected chi connectivity index (χ2v) is 6.61. The van der Waals surface area contributed by atoms with Crippen LogP contribution >= 0.6 is 0 Å². The van der Waals surface area contributed by atoms with E-state index in [4.69, 9.17) is 5.73 Å². The minimum absolute atomic E-state index is 0.0149. The van der Waals surface area contributed by atoms with Crippen molar-refractivity contribution in [3.63, 3.8) is 0 Å². The number of nitrogens with zero attached hydrogens (tertiary/aromatic N) is 1. The number of nitrogens with one attached hydrogen (secondary N) is 1. The van der Waals surface area contributed by atoms with Gasteiger partial charge in [-0.05, 0) is 31.8 Å². The van der Waals surface area contributed by atoms with E-state index in [1.54, 1.807) is 0 Å². The molecule has 0 bridgehead atoms. The van der Waals surface area contributed by atoms with Crippen molar-refractivity contribution >= 4 is 5.91 Å². The normalized spacial score (nSPS) is 23.7. The number of piperidine rings is 1. The van der Waals surface area contributed by atoms with Crippen molar-refractivity contribution in [3.8, 4) is 0 Å².